The molecule has 2 N–H and O–H groups in total. The van der Waals surface area contributed by atoms with Crippen LogP contribution in [-0.2, 0) is 7.05 Å². The average Bonchev–Trinajstić information content (AvgIpc) is 2.27. The van der Waals surface area contributed by atoms with E-state index in [-0.39, 0.29) is 0 Å². The van der Waals surface area contributed by atoms with Crippen LogP contribution in [0.1, 0.15) is 19.3 Å². The Morgan fingerprint density at radius 2 is 2.46 bits per heavy atom. The molecule has 0 bridgehead atoms. The molecule has 1 fully saturated rings. The Bertz CT molecular complexity index is 291. The number of hydrogen-bond acceptors (Lipinski definition) is 3. The molecule has 0 spiro atoms. The first-order valence-corrected chi connectivity index (χ1v) is 4.67. The Morgan fingerprint density at radius 1 is 1.69 bits per heavy atom. The summed E-state index contributed by atoms with van der Waals surface area (Å²) in [7, 11) is 1.84. The number of nitrogens with zero attached hydrogens (tertiary/aromatic N) is 2. The molecule has 1 heterocycles. The molecule has 72 valence electrons. The van der Waals surface area contributed by atoms with E-state index < -0.39 is 0 Å². The van der Waals surface area contributed by atoms with Crippen LogP contribution in [0, 0.1) is 5.92 Å². The Hall–Kier alpha value is -1.19. The second kappa shape index (κ2) is 3.28. The maximum Gasteiger partial charge on any atom is 0.256 e. The summed E-state index contributed by atoms with van der Waals surface area (Å²) in [5.74, 6) is 1.30. The van der Waals surface area contributed by atoms with E-state index in [1.165, 1.54) is 19.3 Å². The maximum absolute atomic E-state index is 5.68. The van der Waals surface area contributed by atoms with Crippen LogP contribution in [0.4, 0.5) is 5.69 Å². The van der Waals surface area contributed by atoms with Crippen molar-refractivity contribution in [3.63, 3.8) is 0 Å². The molecule has 1 aliphatic rings. The lowest BCUT2D eigenvalue weighted by Crippen LogP contribution is -2.19. The minimum absolute atomic E-state index is 0.578. The molecule has 4 heteroatoms. The zero-order chi connectivity index (χ0) is 9.26. The van der Waals surface area contributed by atoms with Gasteiger partial charge in [0.05, 0.1) is 12.8 Å². The lowest BCUT2D eigenvalue weighted by Gasteiger charge is -2.24. The predicted molar refractivity (Wildman–Crippen MR) is 50.5 cm³/mol. The first-order chi connectivity index (χ1) is 6.25. The second-order valence-electron chi connectivity index (χ2n) is 3.67. The topological polar surface area (TPSA) is 53.1 Å². The van der Waals surface area contributed by atoms with Crippen molar-refractivity contribution in [1.29, 1.82) is 0 Å². The molecule has 0 atom stereocenters. The van der Waals surface area contributed by atoms with Gasteiger partial charge in [0, 0.05) is 7.05 Å². The van der Waals surface area contributed by atoms with Crippen LogP contribution >= 0.6 is 0 Å². The summed E-state index contributed by atoms with van der Waals surface area (Å²) in [5.41, 5.74) is 6.31. The van der Waals surface area contributed by atoms with E-state index in [1.54, 1.807) is 10.9 Å². The van der Waals surface area contributed by atoms with Crippen LogP contribution in [0.3, 0.4) is 0 Å². The van der Waals surface area contributed by atoms with Gasteiger partial charge < -0.3 is 10.5 Å². The van der Waals surface area contributed by atoms with E-state index in [0.29, 0.717) is 11.6 Å². The van der Waals surface area contributed by atoms with Gasteiger partial charge in [-0.2, -0.15) is 0 Å². The highest BCUT2D eigenvalue weighted by atomic mass is 16.5. The monoisotopic (exact) mass is 181 g/mol. The van der Waals surface area contributed by atoms with Crippen LogP contribution in [0.2, 0.25) is 0 Å². The van der Waals surface area contributed by atoms with Gasteiger partial charge in [0.2, 0.25) is 0 Å². The Balaban J connectivity index is 1.89. The number of rotatable bonds is 3. The Labute approximate surface area is 77.7 Å². The van der Waals surface area contributed by atoms with E-state index in [2.05, 4.69) is 5.10 Å². The number of nitrogen functional groups attached to an aromatic ring is 1. The molecule has 0 aromatic carbocycles. The fourth-order valence-electron chi connectivity index (χ4n) is 1.45. The summed E-state index contributed by atoms with van der Waals surface area (Å²) in [5, 5.41) is 4.11. The summed E-state index contributed by atoms with van der Waals surface area (Å²) in [4.78, 5) is 0. The molecule has 1 aromatic heterocycles. The van der Waals surface area contributed by atoms with Gasteiger partial charge in [-0.15, -0.1) is 5.10 Å². The molecule has 1 aliphatic carbocycles. The molecule has 0 unspecified atom stereocenters. The molecule has 1 saturated carbocycles. The minimum Gasteiger partial charge on any atom is -0.475 e. The smallest absolute Gasteiger partial charge is 0.256 e. The zero-order valence-corrected chi connectivity index (χ0v) is 7.86. The Morgan fingerprint density at radius 3 is 2.92 bits per heavy atom. The first-order valence-electron chi connectivity index (χ1n) is 4.67. The average molecular weight is 181 g/mol. The van der Waals surface area contributed by atoms with Crippen molar-refractivity contribution in [2.45, 2.75) is 19.3 Å². The van der Waals surface area contributed by atoms with Crippen molar-refractivity contribution in [3.05, 3.63) is 6.20 Å². The standard InChI is InChI=1S/C9H15N3O/c1-12-5-8(10)9(11-12)13-6-7-3-2-4-7/h5,7H,2-4,6,10H2,1H3. The number of ether oxygens (including phenoxy) is 1. The van der Waals surface area contributed by atoms with Crippen LogP contribution in [0.15, 0.2) is 6.20 Å². The van der Waals surface area contributed by atoms with E-state index in [0.717, 1.165) is 12.5 Å². The largest absolute Gasteiger partial charge is 0.475 e. The summed E-state index contributed by atoms with van der Waals surface area (Å²) in [6.45, 7) is 0.765. The molecule has 4 nitrogen and oxygen atoms in total. The van der Waals surface area contributed by atoms with Gasteiger partial charge in [-0.3, -0.25) is 4.68 Å². The Kier molecular flexibility index (Phi) is 2.12. The summed E-state index contributed by atoms with van der Waals surface area (Å²) in [6.07, 6.45) is 5.67. The van der Waals surface area contributed by atoms with Crippen LogP contribution < -0.4 is 10.5 Å². The third-order valence-electron chi connectivity index (χ3n) is 2.50. The fourth-order valence-corrected chi connectivity index (χ4v) is 1.45. The van der Waals surface area contributed by atoms with Crippen molar-refractivity contribution in [3.8, 4) is 5.88 Å². The van der Waals surface area contributed by atoms with Crippen molar-refractivity contribution in [2.75, 3.05) is 12.3 Å². The summed E-state index contributed by atoms with van der Waals surface area (Å²) in [6, 6.07) is 0. The van der Waals surface area contributed by atoms with Gasteiger partial charge in [-0.1, -0.05) is 6.42 Å². The molecule has 0 amide bonds. The highest BCUT2D eigenvalue weighted by molar-refractivity contribution is 5.45. The highest BCUT2D eigenvalue weighted by Crippen LogP contribution is 2.27. The van der Waals surface area contributed by atoms with Gasteiger partial charge >= 0.3 is 0 Å². The molecular weight excluding hydrogens is 166 g/mol. The van der Waals surface area contributed by atoms with Crippen LogP contribution in [0.25, 0.3) is 0 Å². The van der Waals surface area contributed by atoms with Crippen LogP contribution in [0.5, 0.6) is 5.88 Å². The molecule has 0 aliphatic heterocycles. The van der Waals surface area contributed by atoms with E-state index in [1.807, 2.05) is 7.05 Å². The highest BCUT2D eigenvalue weighted by Gasteiger charge is 2.18. The predicted octanol–water partition coefficient (Wildman–Crippen LogP) is 1.18. The third kappa shape index (κ3) is 1.76. The third-order valence-corrected chi connectivity index (χ3v) is 2.50. The maximum atomic E-state index is 5.68. The number of aryl methyl sites for hydroxylation is 1. The lowest BCUT2D eigenvalue weighted by atomic mass is 9.86. The van der Waals surface area contributed by atoms with Gasteiger partial charge in [-0.25, -0.2) is 0 Å². The van der Waals surface area contributed by atoms with Crippen molar-refractivity contribution < 1.29 is 4.74 Å². The number of anilines is 1. The molecular formula is C9H15N3O. The first kappa shape index (κ1) is 8.41. The van der Waals surface area contributed by atoms with E-state index >= 15 is 0 Å². The molecule has 0 radical (unpaired) electrons. The number of aromatic nitrogens is 2. The van der Waals surface area contributed by atoms with Gasteiger partial charge in [0.15, 0.2) is 0 Å². The van der Waals surface area contributed by atoms with E-state index in [9.17, 15) is 0 Å². The molecule has 13 heavy (non-hydrogen) atoms. The lowest BCUT2D eigenvalue weighted by molar-refractivity contribution is 0.175. The van der Waals surface area contributed by atoms with Gasteiger partial charge in [0.1, 0.15) is 5.69 Å². The van der Waals surface area contributed by atoms with Crippen molar-refractivity contribution in [1.82, 2.24) is 9.78 Å². The second-order valence-corrected chi connectivity index (χ2v) is 3.67. The van der Waals surface area contributed by atoms with Crippen molar-refractivity contribution in [2.24, 2.45) is 13.0 Å². The molecule has 0 saturated heterocycles. The van der Waals surface area contributed by atoms with E-state index in [4.69, 9.17) is 10.5 Å². The SMILES string of the molecule is Cn1cc(N)c(OCC2CCC2)n1. The van der Waals surface area contributed by atoms with Crippen molar-refractivity contribution >= 4 is 5.69 Å². The summed E-state index contributed by atoms with van der Waals surface area (Å²) >= 11 is 0. The molecule has 1 aromatic rings. The minimum atomic E-state index is 0.578. The molecule has 2 rings (SSSR count). The normalized spacial score (nSPS) is 17.0. The number of hydrogen-bond donors (Lipinski definition) is 1. The number of nitrogens with two attached hydrogens (primary N) is 1. The van der Waals surface area contributed by atoms with Gasteiger partial charge in [-0.05, 0) is 18.8 Å². The quantitative estimate of drug-likeness (QED) is 0.761. The fraction of sp³-hybridized carbons (Fsp3) is 0.667. The zero-order valence-electron chi connectivity index (χ0n) is 7.86. The summed E-state index contributed by atoms with van der Waals surface area (Å²) < 4.78 is 7.18. The van der Waals surface area contributed by atoms with Gasteiger partial charge in [0.25, 0.3) is 5.88 Å². The van der Waals surface area contributed by atoms with Crippen LogP contribution in [-0.4, -0.2) is 16.4 Å².